The van der Waals surface area contributed by atoms with Gasteiger partial charge >= 0.3 is 0 Å². The number of hydrogen-bond donors (Lipinski definition) is 1. The zero-order valence-corrected chi connectivity index (χ0v) is 8.38. The largest absolute Gasteiger partial charge is 0.302 e. The lowest BCUT2D eigenvalue weighted by molar-refractivity contribution is -0.106. The van der Waals surface area contributed by atoms with Crippen LogP contribution in [-0.4, -0.2) is 30.1 Å². The summed E-state index contributed by atoms with van der Waals surface area (Å²) in [5, 5.41) is 0.726. The highest BCUT2D eigenvalue weighted by atomic mass is 16.7. The molecule has 0 aliphatic carbocycles. The number of fused-ring (bicyclic) bond motifs is 1. The Labute approximate surface area is 91.4 Å². The molecule has 0 unspecified atom stereocenters. The lowest BCUT2D eigenvalue weighted by Crippen LogP contribution is -2.31. The molecule has 0 fully saturated rings. The van der Waals surface area contributed by atoms with Gasteiger partial charge in [0.05, 0.1) is 17.7 Å². The van der Waals surface area contributed by atoms with Gasteiger partial charge in [-0.05, 0) is 12.1 Å². The summed E-state index contributed by atoms with van der Waals surface area (Å²) < 4.78 is 0. The molecule has 0 saturated heterocycles. The number of hydrogen-bond acceptors (Lipinski definition) is 5. The molecule has 0 spiro atoms. The lowest BCUT2D eigenvalue weighted by atomic mass is 10.1. The van der Waals surface area contributed by atoms with Crippen LogP contribution in [0.25, 0.3) is 0 Å². The highest BCUT2D eigenvalue weighted by Gasteiger charge is 2.36. The lowest BCUT2D eigenvalue weighted by Gasteiger charge is -2.12. The van der Waals surface area contributed by atoms with E-state index in [0.29, 0.717) is 11.1 Å². The second kappa shape index (κ2) is 4.40. The van der Waals surface area contributed by atoms with Gasteiger partial charge < -0.3 is 4.84 Å². The van der Waals surface area contributed by atoms with Gasteiger partial charge in [-0.25, -0.2) is 5.90 Å². The van der Waals surface area contributed by atoms with Gasteiger partial charge in [-0.2, -0.15) is 0 Å². The van der Waals surface area contributed by atoms with Gasteiger partial charge in [0.1, 0.15) is 6.61 Å². The average molecular weight is 222 g/mol. The SMILES string of the molecule is NOCCON1C(=O)c2ccccc2C1=O. The van der Waals surface area contributed by atoms with Crippen molar-refractivity contribution in [2.24, 2.45) is 5.90 Å². The number of carbonyl (C=O) groups excluding carboxylic acids is 2. The van der Waals surface area contributed by atoms with E-state index in [1.807, 2.05) is 0 Å². The van der Waals surface area contributed by atoms with Crippen molar-refractivity contribution in [3.8, 4) is 0 Å². The van der Waals surface area contributed by atoms with Crippen molar-refractivity contribution in [1.29, 1.82) is 0 Å². The van der Waals surface area contributed by atoms with Crippen molar-refractivity contribution in [3.05, 3.63) is 35.4 Å². The Morgan fingerprint density at radius 2 is 1.62 bits per heavy atom. The molecule has 2 rings (SSSR count). The summed E-state index contributed by atoms with van der Waals surface area (Å²) >= 11 is 0. The van der Waals surface area contributed by atoms with Gasteiger partial charge in [0.25, 0.3) is 11.8 Å². The van der Waals surface area contributed by atoms with E-state index in [1.54, 1.807) is 24.3 Å². The predicted octanol–water partition coefficient (Wildman–Crippen LogP) is 0.104. The maximum atomic E-state index is 11.7. The summed E-state index contributed by atoms with van der Waals surface area (Å²) in [4.78, 5) is 32.7. The number of nitrogens with two attached hydrogens (primary N) is 1. The molecule has 2 amide bonds. The van der Waals surface area contributed by atoms with Crippen LogP contribution in [0, 0.1) is 0 Å². The van der Waals surface area contributed by atoms with E-state index in [4.69, 9.17) is 10.7 Å². The first-order valence-corrected chi connectivity index (χ1v) is 4.68. The van der Waals surface area contributed by atoms with Crippen molar-refractivity contribution >= 4 is 11.8 Å². The van der Waals surface area contributed by atoms with E-state index in [2.05, 4.69) is 4.84 Å². The summed E-state index contributed by atoms with van der Waals surface area (Å²) in [7, 11) is 0. The Bertz CT molecular complexity index is 398. The average Bonchev–Trinajstić information content (AvgIpc) is 2.55. The summed E-state index contributed by atoms with van der Waals surface area (Å²) in [5.74, 6) is 3.88. The zero-order valence-electron chi connectivity index (χ0n) is 8.38. The standard InChI is InChI=1S/C10H10N2O4/c11-15-5-6-16-12-9(13)7-3-1-2-4-8(7)10(12)14/h1-4H,5-6,11H2. The fourth-order valence-electron chi connectivity index (χ4n) is 1.46. The summed E-state index contributed by atoms with van der Waals surface area (Å²) in [5.41, 5.74) is 0.697. The molecule has 0 radical (unpaired) electrons. The highest BCUT2D eigenvalue weighted by Crippen LogP contribution is 2.22. The number of rotatable bonds is 4. The number of hydroxylamine groups is 2. The summed E-state index contributed by atoms with van der Waals surface area (Å²) in [6.45, 7) is 0.148. The molecule has 6 heteroatoms. The van der Waals surface area contributed by atoms with Gasteiger partial charge in [-0.1, -0.05) is 12.1 Å². The quantitative estimate of drug-likeness (QED) is 0.444. The second-order valence-corrected chi connectivity index (χ2v) is 3.15. The van der Waals surface area contributed by atoms with E-state index in [9.17, 15) is 9.59 Å². The van der Waals surface area contributed by atoms with Crippen molar-refractivity contribution in [3.63, 3.8) is 0 Å². The van der Waals surface area contributed by atoms with Gasteiger partial charge in [0.2, 0.25) is 0 Å². The van der Waals surface area contributed by atoms with Crippen LogP contribution in [0.15, 0.2) is 24.3 Å². The summed E-state index contributed by atoms with van der Waals surface area (Å²) in [6.07, 6.45) is 0. The third-order valence-corrected chi connectivity index (χ3v) is 2.18. The topological polar surface area (TPSA) is 81.9 Å². The van der Waals surface area contributed by atoms with Crippen molar-refractivity contribution in [2.75, 3.05) is 13.2 Å². The summed E-state index contributed by atoms with van der Waals surface area (Å²) in [6, 6.07) is 6.55. The molecular weight excluding hydrogens is 212 g/mol. The fourth-order valence-corrected chi connectivity index (χ4v) is 1.46. The number of amides is 2. The van der Waals surface area contributed by atoms with Crippen LogP contribution in [0.3, 0.4) is 0 Å². The molecular formula is C10H10N2O4. The van der Waals surface area contributed by atoms with E-state index < -0.39 is 11.8 Å². The number of imide groups is 1. The second-order valence-electron chi connectivity index (χ2n) is 3.15. The van der Waals surface area contributed by atoms with Crippen LogP contribution in [0.5, 0.6) is 0 Å². The van der Waals surface area contributed by atoms with E-state index in [0.717, 1.165) is 5.06 Å². The first kappa shape index (κ1) is 10.7. The van der Waals surface area contributed by atoms with Crippen LogP contribution in [0.2, 0.25) is 0 Å². The molecule has 1 heterocycles. The molecule has 0 saturated carbocycles. The molecule has 1 aliphatic rings. The Morgan fingerprint density at radius 1 is 1.06 bits per heavy atom. The van der Waals surface area contributed by atoms with Gasteiger partial charge in [0.15, 0.2) is 0 Å². The third-order valence-electron chi connectivity index (χ3n) is 2.18. The number of benzene rings is 1. The van der Waals surface area contributed by atoms with E-state index >= 15 is 0 Å². The van der Waals surface area contributed by atoms with Crippen LogP contribution in [0.4, 0.5) is 0 Å². The molecule has 0 atom stereocenters. The monoisotopic (exact) mass is 222 g/mol. The molecule has 0 bridgehead atoms. The van der Waals surface area contributed by atoms with E-state index in [-0.39, 0.29) is 13.2 Å². The van der Waals surface area contributed by atoms with Crippen LogP contribution >= 0.6 is 0 Å². The first-order chi connectivity index (χ1) is 7.75. The molecule has 1 aromatic carbocycles. The Hall–Kier alpha value is -1.76. The zero-order chi connectivity index (χ0) is 11.5. The maximum absolute atomic E-state index is 11.7. The van der Waals surface area contributed by atoms with Gasteiger partial charge in [0, 0.05) is 0 Å². The fraction of sp³-hybridized carbons (Fsp3) is 0.200. The molecule has 1 aliphatic heterocycles. The van der Waals surface area contributed by atoms with Crippen molar-refractivity contribution in [2.45, 2.75) is 0 Å². The molecule has 84 valence electrons. The van der Waals surface area contributed by atoms with Crippen LogP contribution in [0.1, 0.15) is 20.7 Å². The molecule has 1 aromatic rings. The number of carbonyl (C=O) groups is 2. The van der Waals surface area contributed by atoms with Crippen LogP contribution in [-0.2, 0) is 9.68 Å². The molecule has 0 aromatic heterocycles. The van der Waals surface area contributed by atoms with Gasteiger partial charge in [-0.15, -0.1) is 5.06 Å². The van der Waals surface area contributed by atoms with Crippen LogP contribution < -0.4 is 5.90 Å². The predicted molar refractivity (Wildman–Crippen MR) is 53.0 cm³/mol. The first-order valence-electron chi connectivity index (χ1n) is 4.68. The van der Waals surface area contributed by atoms with E-state index in [1.165, 1.54) is 0 Å². The van der Waals surface area contributed by atoms with Crippen molar-refractivity contribution < 1.29 is 19.3 Å². The molecule has 2 N–H and O–H groups in total. The molecule has 6 nitrogen and oxygen atoms in total. The Morgan fingerprint density at radius 3 is 2.12 bits per heavy atom. The number of nitrogens with zero attached hydrogens (tertiary/aromatic N) is 1. The Kier molecular flexibility index (Phi) is 2.95. The Balaban J connectivity index is 2.15. The minimum Gasteiger partial charge on any atom is -0.302 e. The third kappa shape index (κ3) is 1.69. The maximum Gasteiger partial charge on any atom is 0.285 e. The highest BCUT2D eigenvalue weighted by molar-refractivity contribution is 6.20. The molecule has 16 heavy (non-hydrogen) atoms. The van der Waals surface area contributed by atoms with Crippen molar-refractivity contribution in [1.82, 2.24) is 5.06 Å². The minimum absolute atomic E-state index is 0.0436. The normalized spacial score (nSPS) is 14.4. The minimum atomic E-state index is -0.461. The van der Waals surface area contributed by atoms with Gasteiger partial charge in [-0.3, -0.25) is 14.4 Å². The smallest absolute Gasteiger partial charge is 0.285 e.